The number of aliphatic hydroxyl groups excluding tert-OH is 1. The normalized spacial score (nSPS) is 14.6. The zero-order valence-corrected chi connectivity index (χ0v) is 51.6. The fourth-order valence-electron chi connectivity index (χ4n) is 10.0. The van der Waals surface area contributed by atoms with Crippen molar-refractivity contribution >= 4 is 127 Å². The van der Waals surface area contributed by atoms with Crippen LogP contribution < -0.4 is 59.7 Å². The predicted octanol–water partition coefficient (Wildman–Crippen LogP) is -1.05. The molecule has 488 valence electrons. The van der Waals surface area contributed by atoms with Crippen LogP contribution in [-0.2, 0) is 76.8 Å². The van der Waals surface area contributed by atoms with Gasteiger partial charge in [0.1, 0.15) is 48.3 Å². The highest BCUT2D eigenvalue weighted by molar-refractivity contribution is 7.98. The van der Waals surface area contributed by atoms with Gasteiger partial charge in [0.05, 0.1) is 25.0 Å². The second kappa shape index (κ2) is 33.9. The van der Waals surface area contributed by atoms with E-state index >= 15 is 0 Å². The van der Waals surface area contributed by atoms with Crippen molar-refractivity contribution in [3.8, 4) is 0 Å². The van der Waals surface area contributed by atoms with Crippen molar-refractivity contribution in [1.82, 2.24) is 57.5 Å². The highest BCUT2D eigenvalue weighted by Gasteiger charge is 2.37. The summed E-state index contributed by atoms with van der Waals surface area (Å²) in [6, 6.07) is 6.90. The summed E-state index contributed by atoms with van der Waals surface area (Å²) in [6.07, 6.45) is 3.13. The number of rotatable bonds is 37. The van der Waals surface area contributed by atoms with Gasteiger partial charge in [-0.2, -0.15) is 23.5 Å². The molecule has 3 aromatic heterocycles. The highest BCUT2D eigenvalue weighted by Crippen LogP contribution is 2.23. The van der Waals surface area contributed by atoms with Gasteiger partial charge in [0.25, 0.3) is 0 Å². The molecular weight excluding hydrogens is 1220 g/mol. The van der Waals surface area contributed by atoms with Crippen molar-refractivity contribution in [2.75, 3.05) is 24.0 Å². The van der Waals surface area contributed by atoms with E-state index < -0.39 is 157 Å². The number of hydrogen-bond donors (Lipinski definition) is 17. The number of benzene rings is 3. The summed E-state index contributed by atoms with van der Waals surface area (Å²) >= 11 is 2.54. The molecule has 31 heteroatoms. The van der Waals surface area contributed by atoms with Crippen LogP contribution in [0.2, 0.25) is 0 Å². The second-order valence-corrected chi connectivity index (χ2v) is 23.6. The van der Waals surface area contributed by atoms with E-state index in [9.17, 15) is 72.9 Å². The first kappa shape index (κ1) is 70.6. The molecular formula is C60H76N14O15S2. The quantitative estimate of drug-likeness (QED) is 0.0221. The van der Waals surface area contributed by atoms with Gasteiger partial charge in [0.15, 0.2) is 0 Å². The average Bonchev–Trinajstić information content (AvgIpc) is 2.09. The first-order chi connectivity index (χ1) is 43.4. The minimum atomic E-state index is -1.87. The molecule has 0 bridgehead atoms. The minimum absolute atomic E-state index is 0.00462. The number of carbonyl (C=O) groups excluding carboxylic acids is 10. The molecule has 0 aliphatic carbocycles. The molecule has 0 saturated heterocycles. The molecule has 6 aromatic rings. The molecule has 0 fully saturated rings. The van der Waals surface area contributed by atoms with Crippen LogP contribution in [0.15, 0.2) is 91.4 Å². The summed E-state index contributed by atoms with van der Waals surface area (Å²) < 4.78 is 0. The van der Waals surface area contributed by atoms with Crippen LogP contribution in [0.5, 0.6) is 0 Å². The lowest BCUT2D eigenvalue weighted by atomic mass is 10.0. The largest absolute Gasteiger partial charge is 0.481 e. The number of aromatic amines is 3. The smallest absolute Gasteiger partial charge is 0.326 e. The fraction of sp³-hybridized carbons (Fsp3) is 0.400. The van der Waals surface area contributed by atoms with Crippen LogP contribution in [0.3, 0.4) is 0 Å². The number of para-hydroxylation sites is 3. The maximum Gasteiger partial charge on any atom is 0.326 e. The van der Waals surface area contributed by atoms with Gasteiger partial charge in [0, 0.05) is 70.6 Å². The summed E-state index contributed by atoms with van der Waals surface area (Å²) in [5.74, 6) is -12.8. The Hall–Kier alpha value is -9.46. The van der Waals surface area contributed by atoms with E-state index in [-0.39, 0.29) is 43.6 Å². The van der Waals surface area contributed by atoms with Crippen LogP contribution in [0.25, 0.3) is 32.7 Å². The molecule has 0 aliphatic heterocycles. The summed E-state index contributed by atoms with van der Waals surface area (Å²) in [6.45, 7) is 1.16. The number of hydrogen-bond acceptors (Lipinski definition) is 16. The molecule has 3 aromatic carbocycles. The first-order valence-corrected chi connectivity index (χ1v) is 31.7. The predicted molar refractivity (Wildman–Crippen MR) is 339 cm³/mol. The van der Waals surface area contributed by atoms with Crippen molar-refractivity contribution in [3.63, 3.8) is 0 Å². The molecule has 0 spiro atoms. The third-order valence-electron chi connectivity index (χ3n) is 14.8. The maximum absolute atomic E-state index is 14.7. The first-order valence-electron chi connectivity index (χ1n) is 28.9. The Kier molecular flexibility index (Phi) is 26.3. The van der Waals surface area contributed by atoms with Crippen LogP contribution in [-0.4, -0.2) is 186 Å². The topological polar surface area (TPSA) is 487 Å². The molecule has 3 heterocycles. The van der Waals surface area contributed by atoms with Crippen LogP contribution in [0, 0.1) is 0 Å². The molecule has 0 aliphatic rings. The third-order valence-corrected chi connectivity index (χ3v) is 16.1. The van der Waals surface area contributed by atoms with Gasteiger partial charge in [-0.05, 0) is 91.5 Å². The number of H-pyrrole nitrogens is 3. The number of fused-ring (bicyclic) bond motifs is 3. The molecule has 0 saturated carbocycles. The molecule has 10 amide bonds. The number of carboxylic acid groups (broad SMARTS) is 2. The number of primary amides is 2. The van der Waals surface area contributed by atoms with Gasteiger partial charge in [-0.3, -0.25) is 52.7 Å². The Labute approximate surface area is 529 Å². The van der Waals surface area contributed by atoms with Crippen LogP contribution in [0.1, 0.15) is 62.1 Å². The number of nitrogens with two attached hydrogens (primary N) is 3. The number of aliphatic carboxylic acids is 2. The number of aliphatic hydroxyl groups is 1. The van der Waals surface area contributed by atoms with Crippen molar-refractivity contribution < 1.29 is 72.9 Å². The van der Waals surface area contributed by atoms with Crippen molar-refractivity contribution in [2.45, 2.75) is 125 Å². The van der Waals surface area contributed by atoms with Gasteiger partial charge in [0.2, 0.25) is 59.1 Å². The summed E-state index contributed by atoms with van der Waals surface area (Å²) in [4.78, 5) is 171. The average molecular weight is 1300 g/mol. The van der Waals surface area contributed by atoms with Crippen molar-refractivity contribution in [3.05, 3.63) is 108 Å². The molecule has 10 atom stereocenters. The lowest BCUT2D eigenvalue weighted by Gasteiger charge is -2.29. The molecule has 29 nitrogen and oxygen atoms in total. The maximum atomic E-state index is 14.7. The number of amides is 10. The highest BCUT2D eigenvalue weighted by atomic mass is 32.2. The van der Waals surface area contributed by atoms with E-state index in [2.05, 4.69) is 57.5 Å². The van der Waals surface area contributed by atoms with Gasteiger partial charge < -0.3 is 90.0 Å². The van der Waals surface area contributed by atoms with E-state index in [1.165, 1.54) is 23.5 Å². The summed E-state index contributed by atoms with van der Waals surface area (Å²) in [5.41, 5.74) is 21.1. The fourth-order valence-corrected chi connectivity index (χ4v) is 11.0. The molecule has 20 N–H and O–H groups in total. The Bertz CT molecular complexity index is 3610. The lowest BCUT2D eigenvalue weighted by Crippen LogP contribution is -2.62. The zero-order chi connectivity index (χ0) is 66.5. The SMILES string of the molecule is CSCC[C@H](NC(=O)[C@H](Cc1c[nH]c2ccccc12)NC(=O)[C@@H](NC(=O)[C@H](CCSC)NC(=O)[C@H](CC(N)=O)NC(=O)[C@H](CC(N)=O)NC(=O)[C@@H](N)Cc1c[nH]c2ccccc12)[C@@H](C)O)C(=O)N[C@@H](CCC(=O)O)C(=O)N[C@@H](Cc1c[nH]c2ccccc12)C(=O)O. The van der Waals surface area contributed by atoms with E-state index in [0.29, 0.717) is 38.5 Å². The lowest BCUT2D eigenvalue weighted by molar-refractivity contribution is -0.143. The molecule has 6 rings (SSSR count). The number of carboxylic acids is 2. The molecule has 0 radical (unpaired) electrons. The van der Waals surface area contributed by atoms with Gasteiger partial charge in [-0.25, -0.2) is 4.79 Å². The summed E-state index contributed by atoms with van der Waals surface area (Å²) in [5, 5.41) is 52.8. The van der Waals surface area contributed by atoms with E-state index in [0.717, 1.165) is 17.8 Å². The number of nitrogens with one attached hydrogen (secondary N) is 11. The standard InChI is InChI=1S/C60H76N14O15S2/c1-30(75)51(74-55(83)43(19-21-91-3)69-57(85)46(26-49(63)77)71-58(86)45(25-48(62)76)70-52(80)37(61)22-31-27-64-38-13-7-4-10-34(31)38)59(87)72-44(23-32-28-65-39-14-8-5-11-35(32)39)56(84)68-42(18-20-90-2)54(82)67-41(16-17-50(78)79)53(81)73-47(60(88)89)24-33-29-66-40-15-9-6-12-36(33)40/h4-15,27-30,37,41-47,51,64-66,75H,16-26,61H2,1-3H3,(H2,62,76)(H2,63,77)(H,67,82)(H,68,84)(H,69,85)(H,70,80)(H,71,86)(H,72,87)(H,73,81)(H,74,83)(H,78,79)(H,88,89)/t30-,37+,41+,42+,43+,44+,45+,46+,47+,51+/m1/s1. The number of thioether (sulfide) groups is 2. The molecule has 0 unspecified atom stereocenters. The van der Waals surface area contributed by atoms with Gasteiger partial charge in [-0.1, -0.05) is 54.6 Å². The van der Waals surface area contributed by atoms with E-state index in [1.807, 2.05) is 18.2 Å². The molecule has 91 heavy (non-hydrogen) atoms. The van der Waals surface area contributed by atoms with E-state index in [1.54, 1.807) is 85.7 Å². The van der Waals surface area contributed by atoms with Crippen molar-refractivity contribution in [2.24, 2.45) is 17.2 Å². The van der Waals surface area contributed by atoms with Gasteiger partial charge in [-0.15, -0.1) is 0 Å². The van der Waals surface area contributed by atoms with Crippen LogP contribution >= 0.6 is 23.5 Å². The van der Waals surface area contributed by atoms with Crippen molar-refractivity contribution in [1.29, 1.82) is 0 Å². The Morgan fingerprint density at radius 2 is 0.791 bits per heavy atom. The zero-order valence-electron chi connectivity index (χ0n) is 50.0. The minimum Gasteiger partial charge on any atom is -0.481 e. The monoisotopic (exact) mass is 1300 g/mol. The number of carbonyl (C=O) groups is 12. The second-order valence-electron chi connectivity index (χ2n) is 21.6. The van der Waals surface area contributed by atoms with Crippen LogP contribution in [0.4, 0.5) is 0 Å². The Morgan fingerprint density at radius 1 is 0.451 bits per heavy atom. The Balaban J connectivity index is 1.19. The number of aromatic nitrogens is 3. The third kappa shape index (κ3) is 20.5. The van der Waals surface area contributed by atoms with E-state index in [4.69, 9.17) is 17.2 Å². The Morgan fingerprint density at radius 3 is 1.20 bits per heavy atom. The van der Waals surface area contributed by atoms with Gasteiger partial charge >= 0.3 is 11.9 Å². The summed E-state index contributed by atoms with van der Waals surface area (Å²) in [7, 11) is 0.